The first-order chi connectivity index (χ1) is 6.68. The van der Waals surface area contributed by atoms with Gasteiger partial charge in [-0.3, -0.25) is 0 Å². The van der Waals surface area contributed by atoms with Gasteiger partial charge in [0, 0.05) is 11.6 Å². The predicted molar refractivity (Wildman–Crippen MR) is 50.4 cm³/mol. The summed E-state index contributed by atoms with van der Waals surface area (Å²) in [6.07, 6.45) is 1.41. The number of phenolic OH excluding ortho intramolecular Hbond substituents is 1. The summed E-state index contributed by atoms with van der Waals surface area (Å²) < 4.78 is 0. The number of hydrogen-bond acceptors (Lipinski definition) is 3. The predicted octanol–water partition coefficient (Wildman–Crippen LogP) is 1.64. The highest BCUT2D eigenvalue weighted by Crippen LogP contribution is 2.21. The van der Waals surface area contributed by atoms with E-state index in [1.54, 1.807) is 12.1 Å². The van der Waals surface area contributed by atoms with Crippen LogP contribution in [0.5, 0.6) is 5.75 Å². The van der Waals surface area contributed by atoms with Crippen molar-refractivity contribution >= 4 is 16.7 Å². The summed E-state index contributed by atoms with van der Waals surface area (Å²) in [6.45, 7) is 0. The van der Waals surface area contributed by atoms with Crippen molar-refractivity contribution in [1.29, 1.82) is 0 Å². The fourth-order valence-corrected chi connectivity index (χ4v) is 1.34. The fourth-order valence-electron chi connectivity index (χ4n) is 1.34. The van der Waals surface area contributed by atoms with E-state index in [-0.39, 0.29) is 11.4 Å². The maximum absolute atomic E-state index is 10.8. The molecular weight excluding hydrogens is 182 g/mol. The Balaban J connectivity index is 2.81. The summed E-state index contributed by atoms with van der Waals surface area (Å²) in [5.74, 6) is -0.957. The molecule has 4 heteroatoms. The summed E-state index contributed by atoms with van der Waals surface area (Å²) in [7, 11) is 0. The first-order valence-corrected chi connectivity index (χ1v) is 3.99. The van der Waals surface area contributed by atoms with Crippen LogP contribution in [0.25, 0.3) is 10.8 Å². The molecule has 0 fully saturated rings. The van der Waals surface area contributed by atoms with Crippen molar-refractivity contribution in [2.45, 2.75) is 0 Å². The third-order valence-electron chi connectivity index (χ3n) is 1.95. The number of phenols is 1. The molecule has 2 rings (SSSR count). The Labute approximate surface area is 79.4 Å². The molecule has 1 heterocycles. The Bertz CT molecular complexity index is 508. The highest BCUT2D eigenvalue weighted by atomic mass is 16.4. The van der Waals surface area contributed by atoms with Crippen LogP contribution >= 0.6 is 0 Å². The Kier molecular flexibility index (Phi) is 1.81. The molecule has 0 saturated heterocycles. The third-order valence-corrected chi connectivity index (χ3v) is 1.95. The van der Waals surface area contributed by atoms with Crippen LogP contribution in [0.3, 0.4) is 0 Å². The molecule has 1 aromatic heterocycles. The summed E-state index contributed by atoms with van der Waals surface area (Å²) in [6, 6.07) is 6.14. The summed E-state index contributed by atoms with van der Waals surface area (Å²) in [5.41, 5.74) is 0.00231. The minimum absolute atomic E-state index is 0.00231. The lowest BCUT2D eigenvalue weighted by atomic mass is 10.1. The van der Waals surface area contributed by atoms with Gasteiger partial charge in [-0.05, 0) is 29.7 Å². The number of aromatic carboxylic acids is 1. The number of hydrogen-bond donors (Lipinski definition) is 2. The zero-order valence-electron chi connectivity index (χ0n) is 7.14. The minimum Gasteiger partial charge on any atom is -0.508 e. The highest BCUT2D eigenvalue weighted by molar-refractivity contribution is 6.01. The molecule has 0 aliphatic rings. The minimum atomic E-state index is -1.07. The number of fused-ring (bicyclic) bond motifs is 1. The molecule has 0 aliphatic heterocycles. The number of aromatic hydroxyl groups is 1. The molecule has 0 saturated carbocycles. The van der Waals surface area contributed by atoms with E-state index in [0.717, 1.165) is 0 Å². The zero-order chi connectivity index (χ0) is 10.1. The van der Waals surface area contributed by atoms with E-state index in [4.69, 9.17) is 5.11 Å². The lowest BCUT2D eigenvalue weighted by Gasteiger charge is -2.01. The van der Waals surface area contributed by atoms with E-state index in [1.165, 1.54) is 18.3 Å². The van der Waals surface area contributed by atoms with Crippen LogP contribution in [0.4, 0.5) is 0 Å². The van der Waals surface area contributed by atoms with E-state index in [2.05, 4.69) is 4.98 Å². The molecule has 1 aromatic carbocycles. The number of benzene rings is 1. The van der Waals surface area contributed by atoms with E-state index < -0.39 is 5.97 Å². The van der Waals surface area contributed by atoms with Crippen molar-refractivity contribution in [2.24, 2.45) is 0 Å². The third kappa shape index (κ3) is 1.26. The van der Waals surface area contributed by atoms with E-state index >= 15 is 0 Å². The molecular formula is C10H7NO3. The van der Waals surface area contributed by atoms with Crippen molar-refractivity contribution < 1.29 is 15.0 Å². The number of carboxylic acids is 1. The largest absolute Gasteiger partial charge is 0.508 e. The number of aromatic nitrogens is 1. The normalized spacial score (nSPS) is 10.3. The van der Waals surface area contributed by atoms with Gasteiger partial charge in [0.1, 0.15) is 5.75 Å². The average Bonchev–Trinajstić information content (AvgIpc) is 2.16. The molecule has 0 bridgehead atoms. The van der Waals surface area contributed by atoms with Crippen molar-refractivity contribution in [3.05, 3.63) is 36.2 Å². The van der Waals surface area contributed by atoms with Gasteiger partial charge in [-0.2, -0.15) is 0 Å². The second kappa shape index (κ2) is 2.99. The Morgan fingerprint density at radius 3 is 2.79 bits per heavy atom. The van der Waals surface area contributed by atoms with Gasteiger partial charge in [-0.15, -0.1) is 0 Å². The van der Waals surface area contributed by atoms with Gasteiger partial charge in [-0.25, -0.2) is 9.78 Å². The average molecular weight is 189 g/mol. The highest BCUT2D eigenvalue weighted by Gasteiger charge is 2.09. The Morgan fingerprint density at radius 2 is 2.07 bits per heavy atom. The topological polar surface area (TPSA) is 70.4 Å². The smallest absolute Gasteiger partial charge is 0.355 e. The van der Waals surface area contributed by atoms with E-state index in [0.29, 0.717) is 10.8 Å². The Hall–Kier alpha value is -2.10. The van der Waals surface area contributed by atoms with Crippen molar-refractivity contribution in [3.8, 4) is 5.75 Å². The molecule has 0 aliphatic carbocycles. The van der Waals surface area contributed by atoms with Crippen LogP contribution < -0.4 is 0 Å². The number of pyridine rings is 1. The van der Waals surface area contributed by atoms with Gasteiger partial charge in [0.25, 0.3) is 0 Å². The lowest BCUT2D eigenvalue weighted by Crippen LogP contribution is -2.00. The zero-order valence-corrected chi connectivity index (χ0v) is 7.14. The maximum Gasteiger partial charge on any atom is 0.355 e. The SMILES string of the molecule is O=C(O)c1nccc2cc(O)ccc12. The lowest BCUT2D eigenvalue weighted by molar-refractivity contribution is 0.0693. The Morgan fingerprint density at radius 1 is 1.29 bits per heavy atom. The molecule has 2 N–H and O–H groups in total. The van der Waals surface area contributed by atoms with Crippen LogP contribution in [0, 0.1) is 0 Å². The summed E-state index contributed by atoms with van der Waals surface area (Å²) >= 11 is 0. The molecule has 0 spiro atoms. The van der Waals surface area contributed by atoms with Gasteiger partial charge in [0.2, 0.25) is 0 Å². The van der Waals surface area contributed by atoms with Crippen molar-refractivity contribution in [3.63, 3.8) is 0 Å². The number of rotatable bonds is 1. The molecule has 70 valence electrons. The molecule has 4 nitrogen and oxygen atoms in total. The van der Waals surface area contributed by atoms with Crippen molar-refractivity contribution in [2.75, 3.05) is 0 Å². The molecule has 0 radical (unpaired) electrons. The fraction of sp³-hybridized carbons (Fsp3) is 0. The number of nitrogens with zero attached hydrogens (tertiary/aromatic N) is 1. The second-order valence-electron chi connectivity index (χ2n) is 2.87. The van der Waals surface area contributed by atoms with Gasteiger partial charge >= 0.3 is 5.97 Å². The first kappa shape index (κ1) is 8.50. The summed E-state index contributed by atoms with van der Waals surface area (Å²) in [5, 5.41) is 19.2. The number of carbonyl (C=O) groups is 1. The number of carboxylic acid groups (broad SMARTS) is 1. The monoisotopic (exact) mass is 189 g/mol. The second-order valence-corrected chi connectivity index (χ2v) is 2.87. The van der Waals surface area contributed by atoms with E-state index in [1.807, 2.05) is 0 Å². The van der Waals surface area contributed by atoms with Crippen LogP contribution in [-0.4, -0.2) is 21.2 Å². The van der Waals surface area contributed by atoms with Crippen molar-refractivity contribution in [1.82, 2.24) is 4.98 Å². The van der Waals surface area contributed by atoms with Crippen LogP contribution in [0.1, 0.15) is 10.5 Å². The quantitative estimate of drug-likeness (QED) is 0.715. The molecule has 0 atom stereocenters. The maximum atomic E-state index is 10.8. The standard InChI is InChI=1S/C10H7NO3/c12-7-1-2-8-6(5-7)3-4-11-9(8)10(13)14/h1-5,12H,(H,13,14). The van der Waals surface area contributed by atoms with Gasteiger partial charge in [0.15, 0.2) is 5.69 Å². The molecule has 14 heavy (non-hydrogen) atoms. The van der Waals surface area contributed by atoms with Gasteiger partial charge in [-0.1, -0.05) is 0 Å². The van der Waals surface area contributed by atoms with Crippen LogP contribution in [0.15, 0.2) is 30.5 Å². The van der Waals surface area contributed by atoms with Crippen LogP contribution in [0.2, 0.25) is 0 Å². The summed E-state index contributed by atoms with van der Waals surface area (Å²) in [4.78, 5) is 14.5. The molecule has 2 aromatic rings. The van der Waals surface area contributed by atoms with Gasteiger partial charge in [0.05, 0.1) is 0 Å². The van der Waals surface area contributed by atoms with Crippen LogP contribution in [-0.2, 0) is 0 Å². The van der Waals surface area contributed by atoms with Gasteiger partial charge < -0.3 is 10.2 Å². The molecule has 0 unspecified atom stereocenters. The molecule has 0 amide bonds. The first-order valence-electron chi connectivity index (χ1n) is 3.99. The van der Waals surface area contributed by atoms with E-state index in [9.17, 15) is 9.90 Å².